The van der Waals surface area contributed by atoms with E-state index in [4.69, 9.17) is 28.3 Å². The van der Waals surface area contributed by atoms with E-state index in [1.165, 1.54) is 22.8 Å². The van der Waals surface area contributed by atoms with E-state index >= 15 is 0 Å². The molecule has 3 aromatic rings. The van der Waals surface area contributed by atoms with Crippen LogP contribution in [0.15, 0.2) is 91.0 Å². The van der Waals surface area contributed by atoms with Crippen LogP contribution < -0.4 is 15.9 Å². The summed E-state index contributed by atoms with van der Waals surface area (Å²) in [6.07, 6.45) is 0. The van der Waals surface area contributed by atoms with Gasteiger partial charge in [0.15, 0.2) is 0 Å². The van der Waals surface area contributed by atoms with Gasteiger partial charge in [-0.15, -0.1) is 11.6 Å². The molecule has 4 heteroatoms. The molecule has 0 radical (unpaired) electrons. The second kappa shape index (κ2) is 9.94. The average Bonchev–Trinajstić information content (AvgIpc) is 2.65. The molecule has 0 amide bonds. The maximum atomic E-state index is 8.46. The molecular formula is C21H21Cl2OP. The summed E-state index contributed by atoms with van der Waals surface area (Å²) in [5, 5.41) is 11.4. The first-order valence-corrected chi connectivity index (χ1v) is 10.2. The molecule has 1 atom stereocenters. The third kappa shape index (κ3) is 6.80. The van der Waals surface area contributed by atoms with Gasteiger partial charge in [0, 0.05) is 0 Å². The summed E-state index contributed by atoms with van der Waals surface area (Å²) in [5.74, 6) is 0.0640. The number of benzene rings is 3. The van der Waals surface area contributed by atoms with Gasteiger partial charge >= 0.3 is 0 Å². The smallest absolute Gasteiger partial charge is 0.149 e. The first-order valence-electron chi connectivity index (χ1n) is 7.94. The van der Waals surface area contributed by atoms with Gasteiger partial charge in [-0.05, 0) is 30.8 Å². The molecule has 1 nitrogen and oxygen atoms in total. The van der Waals surface area contributed by atoms with Crippen molar-refractivity contribution in [1.82, 2.24) is 0 Å². The normalized spacial score (nSPS) is 12.8. The van der Waals surface area contributed by atoms with Gasteiger partial charge in [-0.2, -0.15) is 0 Å². The molecule has 3 aromatic carbocycles. The van der Waals surface area contributed by atoms with E-state index < -0.39 is 13.0 Å². The lowest BCUT2D eigenvalue weighted by molar-refractivity contribution is 0.174. The van der Waals surface area contributed by atoms with E-state index in [9.17, 15) is 0 Å². The van der Waals surface area contributed by atoms with Crippen molar-refractivity contribution < 1.29 is 5.11 Å². The van der Waals surface area contributed by atoms with Crippen molar-refractivity contribution in [3.05, 3.63) is 91.0 Å². The minimum Gasteiger partial charge on any atom is -0.374 e. The Morgan fingerprint density at radius 1 is 0.720 bits per heavy atom. The van der Waals surface area contributed by atoms with Crippen molar-refractivity contribution in [3.63, 3.8) is 0 Å². The van der Waals surface area contributed by atoms with E-state index in [2.05, 4.69) is 91.0 Å². The zero-order valence-corrected chi connectivity index (χ0v) is 16.4. The summed E-state index contributed by atoms with van der Waals surface area (Å²) in [6, 6.07) is 32.3. The van der Waals surface area contributed by atoms with Crippen LogP contribution in [0.25, 0.3) is 0 Å². The van der Waals surface area contributed by atoms with Crippen LogP contribution in [0.2, 0.25) is 0 Å². The summed E-state index contributed by atoms with van der Waals surface area (Å²) in [5.41, 5.74) is 0. The van der Waals surface area contributed by atoms with Crippen molar-refractivity contribution in [3.8, 4) is 0 Å². The van der Waals surface area contributed by atoms with Crippen molar-refractivity contribution in [1.29, 1.82) is 0 Å². The van der Waals surface area contributed by atoms with Crippen LogP contribution in [0.3, 0.4) is 0 Å². The molecule has 0 saturated carbocycles. The van der Waals surface area contributed by atoms with Crippen LogP contribution >= 0.6 is 31.1 Å². The summed E-state index contributed by atoms with van der Waals surface area (Å²) in [4.78, 5) is 0. The largest absolute Gasteiger partial charge is 0.374 e. The number of hydrogen-bond donors (Lipinski definition) is 1. The maximum Gasteiger partial charge on any atom is 0.149 e. The van der Waals surface area contributed by atoms with Gasteiger partial charge in [0.1, 0.15) is 5.06 Å². The monoisotopic (exact) mass is 390 g/mol. The minimum atomic E-state index is -1.22. The van der Waals surface area contributed by atoms with Crippen LogP contribution in [0.1, 0.15) is 6.92 Å². The van der Waals surface area contributed by atoms with Gasteiger partial charge in [0.05, 0.1) is 5.88 Å². The van der Waals surface area contributed by atoms with Crippen LogP contribution in [0, 0.1) is 0 Å². The number of rotatable bonds is 4. The SMILES string of the molecule is CC(O)(Cl)CCl.c1ccc(P(c2ccccc2)c2ccccc2)cc1. The van der Waals surface area contributed by atoms with Gasteiger partial charge in [-0.3, -0.25) is 0 Å². The molecule has 0 spiro atoms. The lowest BCUT2D eigenvalue weighted by Gasteiger charge is -2.18. The zero-order chi connectivity index (χ0) is 18.1. The Hall–Kier alpha value is -1.37. The highest BCUT2D eigenvalue weighted by Gasteiger charge is 2.15. The van der Waals surface area contributed by atoms with Gasteiger partial charge < -0.3 is 5.11 Å². The fourth-order valence-electron chi connectivity index (χ4n) is 2.18. The highest BCUT2D eigenvalue weighted by atomic mass is 35.5. The highest BCUT2D eigenvalue weighted by molar-refractivity contribution is 7.79. The standard InChI is InChI=1S/C18H15P.C3H6Cl2O/c1-4-10-16(11-5-1)19(17-12-6-2-7-13-17)18-14-8-3-9-15-18;1-3(5,6)2-4/h1-15H;6H,2H2,1H3. The Balaban J connectivity index is 0.000000326. The van der Waals surface area contributed by atoms with Crippen molar-refractivity contribution in [2.75, 3.05) is 5.88 Å². The molecule has 130 valence electrons. The Morgan fingerprint density at radius 3 is 1.16 bits per heavy atom. The minimum absolute atomic E-state index is 0.0640. The van der Waals surface area contributed by atoms with Gasteiger partial charge in [-0.25, -0.2) is 0 Å². The van der Waals surface area contributed by atoms with Crippen molar-refractivity contribution in [2.45, 2.75) is 12.0 Å². The second-order valence-corrected chi connectivity index (χ2v) is 8.92. The number of hydrogen-bond acceptors (Lipinski definition) is 1. The summed E-state index contributed by atoms with van der Waals surface area (Å²) in [6.45, 7) is 1.43. The molecule has 1 unspecified atom stereocenters. The first-order chi connectivity index (χ1) is 12.0. The van der Waals surface area contributed by atoms with Crippen LogP contribution in [0.4, 0.5) is 0 Å². The summed E-state index contributed by atoms with van der Waals surface area (Å²) >= 11 is 10.2. The van der Waals surface area contributed by atoms with Crippen LogP contribution in [-0.2, 0) is 0 Å². The molecule has 1 N–H and O–H groups in total. The Morgan fingerprint density at radius 2 is 0.960 bits per heavy atom. The van der Waals surface area contributed by atoms with Gasteiger partial charge in [0.25, 0.3) is 0 Å². The number of alkyl halides is 2. The van der Waals surface area contributed by atoms with E-state index in [1.807, 2.05) is 0 Å². The first kappa shape index (κ1) is 19.9. The molecule has 0 heterocycles. The Bertz CT molecular complexity index is 634. The van der Waals surface area contributed by atoms with Gasteiger partial charge in [0.2, 0.25) is 0 Å². The molecule has 0 fully saturated rings. The fourth-order valence-corrected chi connectivity index (χ4v) is 4.48. The molecule has 0 aromatic heterocycles. The molecule has 0 bridgehead atoms. The van der Waals surface area contributed by atoms with Crippen LogP contribution in [0.5, 0.6) is 0 Å². The van der Waals surface area contributed by atoms with E-state index in [0.29, 0.717) is 0 Å². The number of halogens is 2. The quantitative estimate of drug-likeness (QED) is 0.509. The molecular weight excluding hydrogens is 370 g/mol. The average molecular weight is 391 g/mol. The Kier molecular flexibility index (Phi) is 7.93. The summed E-state index contributed by atoms with van der Waals surface area (Å²) in [7, 11) is -0.446. The Labute approximate surface area is 161 Å². The molecule has 0 saturated heterocycles. The second-order valence-electron chi connectivity index (χ2n) is 5.62. The number of aliphatic hydroxyl groups is 1. The summed E-state index contributed by atoms with van der Waals surface area (Å²) < 4.78 is 0. The third-order valence-electron chi connectivity index (χ3n) is 3.29. The highest BCUT2D eigenvalue weighted by Crippen LogP contribution is 2.32. The predicted molar refractivity (Wildman–Crippen MR) is 112 cm³/mol. The molecule has 0 aliphatic rings. The van der Waals surface area contributed by atoms with Crippen LogP contribution in [-0.4, -0.2) is 16.0 Å². The van der Waals surface area contributed by atoms with Gasteiger partial charge in [-0.1, -0.05) is 103 Å². The predicted octanol–water partition coefficient (Wildman–Crippen LogP) is 4.62. The van der Waals surface area contributed by atoms with E-state index in [0.717, 1.165) is 0 Å². The van der Waals surface area contributed by atoms with Crippen molar-refractivity contribution >= 4 is 47.0 Å². The zero-order valence-electron chi connectivity index (χ0n) is 14.0. The maximum absolute atomic E-state index is 8.46. The van der Waals surface area contributed by atoms with E-state index in [1.54, 1.807) is 0 Å². The topological polar surface area (TPSA) is 20.2 Å². The lowest BCUT2D eigenvalue weighted by atomic mass is 10.4. The molecule has 0 aliphatic carbocycles. The molecule has 25 heavy (non-hydrogen) atoms. The molecule has 0 aliphatic heterocycles. The third-order valence-corrected chi connectivity index (χ3v) is 6.52. The fraction of sp³-hybridized carbons (Fsp3) is 0.143. The molecule has 3 rings (SSSR count). The lowest BCUT2D eigenvalue weighted by Crippen LogP contribution is -2.20. The van der Waals surface area contributed by atoms with Crippen molar-refractivity contribution in [2.24, 2.45) is 0 Å². The van der Waals surface area contributed by atoms with E-state index in [-0.39, 0.29) is 5.88 Å².